The quantitative estimate of drug-likeness (QED) is 0.849. The van der Waals surface area contributed by atoms with Crippen LogP contribution in [0.3, 0.4) is 0 Å². The van der Waals surface area contributed by atoms with Crippen LogP contribution in [0.25, 0.3) is 0 Å². The number of aromatic nitrogens is 1. The summed E-state index contributed by atoms with van der Waals surface area (Å²) >= 11 is 3.53. The summed E-state index contributed by atoms with van der Waals surface area (Å²) in [5.74, 6) is -0.0190. The molecule has 0 aromatic carbocycles. The molecule has 3 nitrogen and oxygen atoms in total. The van der Waals surface area contributed by atoms with Crippen LogP contribution >= 0.6 is 15.9 Å². The van der Waals surface area contributed by atoms with Crippen molar-refractivity contribution < 1.29 is 18.0 Å². The van der Waals surface area contributed by atoms with Gasteiger partial charge >= 0.3 is 6.18 Å². The molecule has 0 spiro atoms. The molecule has 1 amide bonds. The second-order valence-corrected chi connectivity index (χ2v) is 6.21. The van der Waals surface area contributed by atoms with Gasteiger partial charge in [-0.3, -0.25) is 9.78 Å². The normalized spacial score (nSPS) is 22.8. The zero-order chi connectivity index (χ0) is 14.8. The molecule has 0 bridgehead atoms. The Morgan fingerprint density at radius 1 is 1.40 bits per heavy atom. The Hall–Kier alpha value is -1.11. The van der Waals surface area contributed by atoms with Crippen molar-refractivity contribution in [2.24, 2.45) is 5.92 Å². The average molecular weight is 351 g/mol. The predicted molar refractivity (Wildman–Crippen MR) is 71.6 cm³/mol. The summed E-state index contributed by atoms with van der Waals surface area (Å²) in [6, 6.07) is 1.96. The van der Waals surface area contributed by atoms with Gasteiger partial charge in [-0.25, -0.2) is 0 Å². The highest BCUT2D eigenvalue weighted by Crippen LogP contribution is 2.30. The van der Waals surface area contributed by atoms with Crippen molar-refractivity contribution in [2.45, 2.75) is 30.3 Å². The first-order valence-electron chi connectivity index (χ1n) is 6.32. The molecule has 1 aromatic heterocycles. The van der Waals surface area contributed by atoms with E-state index >= 15 is 0 Å². The van der Waals surface area contributed by atoms with E-state index in [1.54, 1.807) is 0 Å². The minimum Gasteiger partial charge on any atom is -0.350 e. The molecular formula is C13H14BrF3N2O. The molecule has 1 saturated carbocycles. The molecule has 1 N–H and O–H groups in total. The summed E-state index contributed by atoms with van der Waals surface area (Å²) in [7, 11) is 0. The summed E-state index contributed by atoms with van der Waals surface area (Å²) < 4.78 is 37.1. The van der Waals surface area contributed by atoms with Gasteiger partial charge in [-0.2, -0.15) is 13.2 Å². The van der Waals surface area contributed by atoms with Gasteiger partial charge in [-0.1, -0.05) is 15.9 Å². The van der Waals surface area contributed by atoms with E-state index < -0.39 is 17.6 Å². The third-order valence-corrected chi connectivity index (χ3v) is 4.18. The van der Waals surface area contributed by atoms with Gasteiger partial charge in [0.15, 0.2) is 0 Å². The number of nitrogens with zero attached hydrogens (tertiary/aromatic N) is 1. The number of hydrogen-bond acceptors (Lipinski definition) is 2. The predicted octanol–water partition coefficient (Wildman–Crippen LogP) is 3.39. The molecule has 2 atom stereocenters. The number of pyridine rings is 1. The number of amides is 1. The van der Waals surface area contributed by atoms with E-state index in [1.165, 1.54) is 0 Å². The molecule has 1 aromatic rings. The topological polar surface area (TPSA) is 42.0 Å². The van der Waals surface area contributed by atoms with Crippen LogP contribution in [0, 0.1) is 5.92 Å². The van der Waals surface area contributed by atoms with E-state index in [1.807, 2.05) is 0 Å². The number of hydrogen-bond donors (Lipinski definition) is 1. The van der Waals surface area contributed by atoms with Crippen LogP contribution in [-0.2, 0) is 6.18 Å². The van der Waals surface area contributed by atoms with Gasteiger partial charge in [-0.05, 0) is 37.3 Å². The number of rotatable bonds is 3. The molecular weight excluding hydrogens is 337 g/mol. The number of carbonyl (C=O) groups is 1. The van der Waals surface area contributed by atoms with Crippen molar-refractivity contribution in [1.29, 1.82) is 0 Å². The fourth-order valence-corrected chi connectivity index (χ4v) is 3.02. The van der Waals surface area contributed by atoms with Crippen LogP contribution in [0.5, 0.6) is 0 Å². The molecule has 110 valence electrons. The molecule has 1 heterocycles. The number of halogens is 4. The maximum atomic E-state index is 12.4. The van der Waals surface area contributed by atoms with E-state index in [-0.39, 0.29) is 5.69 Å². The van der Waals surface area contributed by atoms with E-state index in [2.05, 4.69) is 26.2 Å². The Bertz CT molecular complexity index is 475. The van der Waals surface area contributed by atoms with Crippen molar-refractivity contribution in [3.05, 3.63) is 29.6 Å². The Kier molecular flexibility index (Phi) is 4.67. The maximum Gasteiger partial charge on any atom is 0.417 e. The molecule has 20 heavy (non-hydrogen) atoms. The van der Waals surface area contributed by atoms with Crippen molar-refractivity contribution in [1.82, 2.24) is 10.3 Å². The third kappa shape index (κ3) is 3.94. The highest BCUT2D eigenvalue weighted by atomic mass is 79.9. The molecule has 2 unspecified atom stereocenters. The largest absolute Gasteiger partial charge is 0.417 e. The van der Waals surface area contributed by atoms with Gasteiger partial charge in [0.25, 0.3) is 5.91 Å². The molecule has 1 aliphatic carbocycles. The van der Waals surface area contributed by atoms with Gasteiger partial charge < -0.3 is 5.32 Å². The van der Waals surface area contributed by atoms with Crippen LogP contribution in [0.2, 0.25) is 0 Å². The first-order valence-corrected chi connectivity index (χ1v) is 7.23. The molecule has 1 aliphatic rings. The Morgan fingerprint density at radius 2 is 2.15 bits per heavy atom. The Morgan fingerprint density at radius 3 is 2.65 bits per heavy atom. The number of carbonyl (C=O) groups excluding carboxylic acids is 1. The summed E-state index contributed by atoms with van der Waals surface area (Å²) in [6.07, 6.45) is -0.633. The zero-order valence-corrected chi connectivity index (χ0v) is 12.2. The lowest BCUT2D eigenvalue weighted by molar-refractivity contribution is -0.137. The molecule has 0 saturated heterocycles. The van der Waals surface area contributed by atoms with E-state index in [0.717, 1.165) is 31.4 Å². The zero-order valence-electron chi connectivity index (χ0n) is 10.6. The van der Waals surface area contributed by atoms with E-state index in [0.29, 0.717) is 23.5 Å². The van der Waals surface area contributed by atoms with Gasteiger partial charge in [0.2, 0.25) is 0 Å². The summed E-state index contributed by atoms with van der Waals surface area (Å²) in [4.78, 5) is 15.8. The average Bonchev–Trinajstić information content (AvgIpc) is 2.81. The van der Waals surface area contributed by atoms with Crippen LogP contribution < -0.4 is 5.32 Å². The second kappa shape index (κ2) is 6.11. The van der Waals surface area contributed by atoms with Crippen molar-refractivity contribution in [2.75, 3.05) is 6.54 Å². The van der Waals surface area contributed by atoms with Crippen LogP contribution in [0.4, 0.5) is 13.2 Å². The molecule has 0 radical (unpaired) electrons. The van der Waals surface area contributed by atoms with Crippen LogP contribution in [0.15, 0.2) is 18.3 Å². The molecule has 0 aliphatic heterocycles. The molecule has 7 heteroatoms. The van der Waals surface area contributed by atoms with Crippen molar-refractivity contribution in [3.8, 4) is 0 Å². The third-order valence-electron chi connectivity index (χ3n) is 3.35. The van der Waals surface area contributed by atoms with E-state index in [4.69, 9.17) is 0 Å². The van der Waals surface area contributed by atoms with Gasteiger partial charge in [0, 0.05) is 17.6 Å². The summed E-state index contributed by atoms with van der Waals surface area (Å²) in [5.41, 5.74) is -0.849. The van der Waals surface area contributed by atoms with Crippen molar-refractivity contribution >= 4 is 21.8 Å². The van der Waals surface area contributed by atoms with E-state index in [9.17, 15) is 18.0 Å². The smallest absolute Gasteiger partial charge is 0.350 e. The Balaban J connectivity index is 1.89. The standard InChI is InChI=1S/C13H14BrF3N2O/c14-10-3-1-8(5-10)6-19-12(20)11-4-2-9(7-18-11)13(15,16)17/h2,4,7-8,10H,1,3,5-6H2,(H,19,20). The Labute approximate surface area is 123 Å². The van der Waals surface area contributed by atoms with Crippen molar-refractivity contribution in [3.63, 3.8) is 0 Å². The monoisotopic (exact) mass is 350 g/mol. The lowest BCUT2D eigenvalue weighted by Gasteiger charge is -2.11. The highest BCUT2D eigenvalue weighted by molar-refractivity contribution is 9.09. The lowest BCUT2D eigenvalue weighted by Crippen LogP contribution is -2.29. The fraction of sp³-hybridized carbons (Fsp3) is 0.538. The van der Waals surface area contributed by atoms with Gasteiger partial charge in [-0.15, -0.1) is 0 Å². The number of nitrogens with one attached hydrogen (secondary N) is 1. The van der Waals surface area contributed by atoms with Gasteiger partial charge in [0.05, 0.1) is 5.56 Å². The van der Waals surface area contributed by atoms with Gasteiger partial charge in [0.1, 0.15) is 5.69 Å². The second-order valence-electron chi connectivity index (χ2n) is 4.92. The lowest BCUT2D eigenvalue weighted by atomic mass is 10.1. The highest BCUT2D eigenvalue weighted by Gasteiger charge is 2.31. The summed E-state index contributed by atoms with van der Waals surface area (Å²) in [6.45, 7) is 0.531. The minimum absolute atomic E-state index is 0.00592. The number of alkyl halides is 4. The minimum atomic E-state index is -4.43. The maximum absolute atomic E-state index is 12.4. The van der Waals surface area contributed by atoms with Crippen LogP contribution in [0.1, 0.15) is 35.3 Å². The van der Waals surface area contributed by atoms with Crippen LogP contribution in [-0.4, -0.2) is 22.3 Å². The SMILES string of the molecule is O=C(NCC1CCC(Br)C1)c1ccc(C(F)(F)F)cn1. The first-order chi connectivity index (χ1) is 9.36. The first kappa shape index (κ1) is 15.3. The molecule has 1 fully saturated rings. The fourth-order valence-electron chi connectivity index (χ4n) is 2.22. The summed E-state index contributed by atoms with van der Waals surface area (Å²) in [5, 5.41) is 2.72. The molecule has 2 rings (SSSR count).